The Hall–Kier alpha value is -4.00. The summed E-state index contributed by atoms with van der Waals surface area (Å²) in [5.41, 5.74) is 6.24. The minimum Gasteiger partial charge on any atom is -0.493 e. The molecule has 2 N–H and O–H groups in total. The average Bonchev–Trinajstić information content (AvgIpc) is 3.43. The molecule has 30 heavy (non-hydrogen) atoms. The van der Waals surface area contributed by atoms with E-state index in [9.17, 15) is 0 Å². The van der Waals surface area contributed by atoms with Gasteiger partial charge in [0.2, 0.25) is 5.75 Å². The van der Waals surface area contributed by atoms with E-state index in [0.29, 0.717) is 22.9 Å². The summed E-state index contributed by atoms with van der Waals surface area (Å²) in [7, 11) is 4.77. The molecule has 0 fully saturated rings. The Morgan fingerprint density at radius 2 is 1.63 bits per heavy atom. The highest BCUT2D eigenvalue weighted by atomic mass is 16.5. The number of aromatic nitrogens is 4. The van der Waals surface area contributed by atoms with E-state index in [1.54, 1.807) is 27.5 Å². The number of H-pyrrole nitrogens is 2. The van der Waals surface area contributed by atoms with Gasteiger partial charge >= 0.3 is 0 Å². The van der Waals surface area contributed by atoms with Gasteiger partial charge in [-0.2, -0.15) is 0 Å². The molecule has 0 aliphatic rings. The van der Waals surface area contributed by atoms with Crippen molar-refractivity contribution in [1.29, 1.82) is 0 Å². The third kappa shape index (κ3) is 2.83. The smallest absolute Gasteiger partial charge is 0.203 e. The summed E-state index contributed by atoms with van der Waals surface area (Å²) in [6.45, 7) is 0. The fraction of sp³-hybridized carbons (Fsp3) is 0.130. The fourth-order valence-electron chi connectivity index (χ4n) is 3.70. The van der Waals surface area contributed by atoms with E-state index in [1.807, 2.05) is 24.5 Å². The Morgan fingerprint density at radius 1 is 0.833 bits per heavy atom. The molecule has 0 amide bonds. The van der Waals surface area contributed by atoms with Crippen molar-refractivity contribution in [2.75, 3.05) is 21.3 Å². The topological polar surface area (TPSA) is 85.1 Å². The van der Waals surface area contributed by atoms with Crippen LogP contribution in [-0.4, -0.2) is 41.3 Å². The van der Waals surface area contributed by atoms with E-state index in [2.05, 4.69) is 39.2 Å². The third-order valence-corrected chi connectivity index (χ3v) is 5.21. The summed E-state index contributed by atoms with van der Waals surface area (Å²) < 4.78 is 16.4. The Labute approximate surface area is 172 Å². The van der Waals surface area contributed by atoms with E-state index < -0.39 is 0 Å². The lowest BCUT2D eigenvalue weighted by atomic mass is 10.1. The molecule has 0 unspecified atom stereocenters. The van der Waals surface area contributed by atoms with Crippen LogP contribution >= 0.6 is 0 Å². The second kappa shape index (κ2) is 7.11. The van der Waals surface area contributed by atoms with Crippen LogP contribution in [0.5, 0.6) is 17.2 Å². The zero-order chi connectivity index (χ0) is 20.7. The van der Waals surface area contributed by atoms with E-state index in [4.69, 9.17) is 19.2 Å². The Kier molecular flexibility index (Phi) is 4.28. The molecule has 7 nitrogen and oxygen atoms in total. The number of rotatable bonds is 5. The summed E-state index contributed by atoms with van der Waals surface area (Å²) in [5, 5.41) is 1.15. The summed E-state index contributed by atoms with van der Waals surface area (Å²) in [6.07, 6.45) is 5.61. The molecule has 3 heterocycles. The highest BCUT2D eigenvalue weighted by molar-refractivity contribution is 5.94. The van der Waals surface area contributed by atoms with Crippen molar-refractivity contribution in [2.24, 2.45) is 0 Å². The largest absolute Gasteiger partial charge is 0.493 e. The number of nitrogens with zero attached hydrogens (tertiary/aromatic N) is 2. The molecule has 0 saturated heterocycles. The Bertz CT molecular complexity index is 1340. The van der Waals surface area contributed by atoms with E-state index >= 15 is 0 Å². The highest BCUT2D eigenvalue weighted by Gasteiger charge is 2.16. The lowest BCUT2D eigenvalue weighted by Gasteiger charge is -2.14. The van der Waals surface area contributed by atoms with E-state index in [0.717, 1.165) is 38.8 Å². The minimum atomic E-state index is 0.542. The number of methoxy groups -OCH3 is 3. The van der Waals surface area contributed by atoms with Gasteiger partial charge in [0, 0.05) is 29.0 Å². The first-order valence-corrected chi connectivity index (χ1v) is 9.44. The molecule has 2 aromatic carbocycles. The van der Waals surface area contributed by atoms with Crippen LogP contribution in [0, 0.1) is 0 Å². The summed E-state index contributed by atoms with van der Waals surface area (Å²) in [6, 6.07) is 12.1. The SMILES string of the molecule is COc1cc(-c2cnc3[nH]cc(-c4ccc5[nH]ccc5c4)c3n2)cc(OC)c1OC. The molecular formula is C23H20N4O3. The van der Waals surface area contributed by atoms with Crippen LogP contribution in [0.2, 0.25) is 0 Å². The van der Waals surface area contributed by atoms with Gasteiger partial charge in [0.05, 0.1) is 33.2 Å². The maximum absolute atomic E-state index is 5.48. The molecule has 0 atom stereocenters. The Balaban J connectivity index is 1.66. The summed E-state index contributed by atoms with van der Waals surface area (Å²) in [4.78, 5) is 15.9. The van der Waals surface area contributed by atoms with Gasteiger partial charge in [-0.1, -0.05) is 6.07 Å². The first-order valence-electron chi connectivity index (χ1n) is 9.44. The first-order chi connectivity index (χ1) is 14.7. The van der Waals surface area contributed by atoms with Crippen molar-refractivity contribution in [3.63, 3.8) is 0 Å². The van der Waals surface area contributed by atoms with Gasteiger partial charge in [-0.25, -0.2) is 9.97 Å². The average molecular weight is 400 g/mol. The van der Waals surface area contributed by atoms with Gasteiger partial charge in [0.1, 0.15) is 5.52 Å². The Morgan fingerprint density at radius 3 is 2.37 bits per heavy atom. The molecule has 0 aliphatic carbocycles. The standard InChI is InChI=1S/C23H20N4O3/c1-28-19-9-15(10-20(29-2)22(19)30-3)18-12-26-23-21(27-18)16(11-25-23)13-4-5-17-14(8-13)6-7-24-17/h4-12,24H,1-3H3,(H,25,26). The molecule has 0 spiro atoms. The van der Waals surface area contributed by atoms with Crippen molar-refractivity contribution in [1.82, 2.24) is 19.9 Å². The number of hydrogen-bond donors (Lipinski definition) is 2. The normalized spacial score (nSPS) is 11.2. The van der Waals surface area contributed by atoms with Crippen molar-refractivity contribution < 1.29 is 14.2 Å². The van der Waals surface area contributed by atoms with Gasteiger partial charge in [-0.3, -0.25) is 0 Å². The lowest BCUT2D eigenvalue weighted by Crippen LogP contribution is -1.96. The van der Waals surface area contributed by atoms with Crippen LogP contribution in [0.15, 0.2) is 55.0 Å². The first kappa shape index (κ1) is 18.1. The number of hydrogen-bond acceptors (Lipinski definition) is 5. The highest BCUT2D eigenvalue weighted by Crippen LogP contribution is 2.41. The number of nitrogens with one attached hydrogen (secondary N) is 2. The predicted molar refractivity (Wildman–Crippen MR) is 116 cm³/mol. The number of fused-ring (bicyclic) bond motifs is 2. The van der Waals surface area contributed by atoms with Gasteiger partial charge < -0.3 is 24.2 Å². The van der Waals surface area contributed by atoms with Crippen LogP contribution in [0.4, 0.5) is 0 Å². The fourth-order valence-corrected chi connectivity index (χ4v) is 3.70. The number of benzene rings is 2. The number of aromatic amines is 2. The van der Waals surface area contributed by atoms with Gasteiger partial charge in [-0.15, -0.1) is 0 Å². The molecule has 0 aliphatic heterocycles. The monoisotopic (exact) mass is 400 g/mol. The lowest BCUT2D eigenvalue weighted by molar-refractivity contribution is 0.324. The predicted octanol–water partition coefficient (Wildman–Crippen LogP) is 4.80. The van der Waals surface area contributed by atoms with Crippen molar-refractivity contribution in [3.8, 4) is 39.6 Å². The number of ether oxygens (including phenoxy) is 3. The molecule has 5 aromatic rings. The molecule has 0 radical (unpaired) electrons. The van der Waals surface area contributed by atoms with Crippen LogP contribution < -0.4 is 14.2 Å². The molecule has 0 bridgehead atoms. The zero-order valence-electron chi connectivity index (χ0n) is 16.8. The van der Waals surface area contributed by atoms with Crippen LogP contribution in [0.25, 0.3) is 44.5 Å². The molecule has 5 rings (SSSR count). The minimum absolute atomic E-state index is 0.542. The van der Waals surface area contributed by atoms with Crippen LogP contribution in [0.1, 0.15) is 0 Å². The zero-order valence-corrected chi connectivity index (χ0v) is 16.8. The van der Waals surface area contributed by atoms with Crippen molar-refractivity contribution in [2.45, 2.75) is 0 Å². The maximum atomic E-state index is 5.48. The van der Waals surface area contributed by atoms with Gasteiger partial charge in [0.25, 0.3) is 0 Å². The summed E-state index contributed by atoms with van der Waals surface area (Å²) >= 11 is 0. The van der Waals surface area contributed by atoms with E-state index in [-0.39, 0.29) is 0 Å². The molecule has 150 valence electrons. The second-order valence-corrected chi connectivity index (χ2v) is 6.85. The second-order valence-electron chi connectivity index (χ2n) is 6.85. The summed E-state index contributed by atoms with van der Waals surface area (Å²) in [5.74, 6) is 1.68. The van der Waals surface area contributed by atoms with Crippen LogP contribution in [-0.2, 0) is 0 Å². The van der Waals surface area contributed by atoms with Crippen molar-refractivity contribution in [3.05, 3.63) is 55.0 Å². The quantitative estimate of drug-likeness (QED) is 0.443. The van der Waals surface area contributed by atoms with E-state index in [1.165, 1.54) is 0 Å². The van der Waals surface area contributed by atoms with Gasteiger partial charge in [0.15, 0.2) is 17.1 Å². The maximum Gasteiger partial charge on any atom is 0.203 e. The van der Waals surface area contributed by atoms with Crippen LogP contribution in [0.3, 0.4) is 0 Å². The van der Waals surface area contributed by atoms with Crippen molar-refractivity contribution >= 4 is 22.1 Å². The molecule has 7 heteroatoms. The molecular weight excluding hydrogens is 380 g/mol. The molecule has 0 saturated carbocycles. The molecule has 3 aromatic heterocycles. The third-order valence-electron chi connectivity index (χ3n) is 5.21. The van der Waals surface area contributed by atoms with Gasteiger partial charge in [-0.05, 0) is 41.3 Å².